The first-order chi connectivity index (χ1) is 9.41. The summed E-state index contributed by atoms with van der Waals surface area (Å²) in [6, 6.07) is 0. The first-order valence-corrected chi connectivity index (χ1v) is 6.24. The number of hydrogen-bond donors (Lipinski definition) is 2. The highest BCUT2D eigenvalue weighted by molar-refractivity contribution is 5.88. The van der Waals surface area contributed by atoms with Gasteiger partial charge in [-0.1, -0.05) is 0 Å². The van der Waals surface area contributed by atoms with Crippen LogP contribution in [0.4, 0.5) is 0 Å². The average Bonchev–Trinajstić information content (AvgIpc) is 3.01. The quantitative estimate of drug-likeness (QED) is 0.713. The molecule has 1 aromatic rings. The van der Waals surface area contributed by atoms with Crippen molar-refractivity contribution in [2.45, 2.75) is 44.2 Å². The lowest BCUT2D eigenvalue weighted by molar-refractivity contribution is -0.201. The van der Waals surface area contributed by atoms with Crippen LogP contribution in [0, 0.1) is 0 Å². The fourth-order valence-electron chi connectivity index (χ4n) is 2.53. The molecule has 9 heteroatoms. The lowest BCUT2D eigenvalue weighted by Crippen LogP contribution is -2.31. The molecule has 3 heterocycles. The van der Waals surface area contributed by atoms with E-state index in [0.29, 0.717) is 0 Å². The van der Waals surface area contributed by atoms with Crippen molar-refractivity contribution < 1.29 is 24.1 Å². The van der Waals surface area contributed by atoms with E-state index in [1.54, 1.807) is 13.8 Å². The number of aliphatic hydroxyl groups excluding tert-OH is 1. The fraction of sp³-hybridized carbons (Fsp3) is 0.727. The first kappa shape index (κ1) is 13.4. The highest BCUT2D eigenvalue weighted by atomic mass is 16.8. The number of rotatable bonds is 3. The van der Waals surface area contributed by atoms with Crippen LogP contribution in [0.5, 0.6) is 0 Å². The van der Waals surface area contributed by atoms with Crippen molar-refractivity contribution >= 4 is 5.91 Å². The molecule has 0 aromatic carbocycles. The van der Waals surface area contributed by atoms with Gasteiger partial charge in [0.05, 0.1) is 6.61 Å². The summed E-state index contributed by atoms with van der Waals surface area (Å²) >= 11 is 0. The molecular formula is C11H16N4O5. The number of primary amides is 1. The molecule has 0 saturated carbocycles. The van der Waals surface area contributed by atoms with E-state index in [4.69, 9.17) is 19.9 Å². The third-order valence-electron chi connectivity index (χ3n) is 3.29. The molecule has 3 rings (SSSR count). The van der Waals surface area contributed by atoms with Crippen LogP contribution in [0.1, 0.15) is 30.7 Å². The fourth-order valence-corrected chi connectivity index (χ4v) is 2.53. The van der Waals surface area contributed by atoms with Gasteiger partial charge in [0.2, 0.25) is 5.82 Å². The Morgan fingerprint density at radius 2 is 2.20 bits per heavy atom. The average molecular weight is 284 g/mol. The second-order valence-corrected chi connectivity index (χ2v) is 5.22. The molecule has 0 bridgehead atoms. The Bertz CT molecular complexity index is 531. The van der Waals surface area contributed by atoms with E-state index in [9.17, 15) is 9.90 Å². The van der Waals surface area contributed by atoms with Crippen molar-refractivity contribution in [3.05, 3.63) is 12.2 Å². The van der Waals surface area contributed by atoms with Gasteiger partial charge in [-0.25, -0.2) is 9.67 Å². The Morgan fingerprint density at radius 3 is 2.80 bits per heavy atom. The first-order valence-electron chi connectivity index (χ1n) is 6.24. The smallest absolute Gasteiger partial charge is 0.288 e. The van der Waals surface area contributed by atoms with Crippen LogP contribution in [0.25, 0.3) is 0 Å². The van der Waals surface area contributed by atoms with Crippen molar-refractivity contribution in [2.75, 3.05) is 6.61 Å². The monoisotopic (exact) mass is 284 g/mol. The van der Waals surface area contributed by atoms with Gasteiger partial charge in [-0.2, -0.15) is 0 Å². The van der Waals surface area contributed by atoms with Gasteiger partial charge >= 0.3 is 0 Å². The Morgan fingerprint density at radius 1 is 1.50 bits per heavy atom. The van der Waals surface area contributed by atoms with Gasteiger partial charge in [-0.05, 0) is 13.8 Å². The van der Waals surface area contributed by atoms with Crippen LogP contribution in [0.2, 0.25) is 0 Å². The van der Waals surface area contributed by atoms with Crippen molar-refractivity contribution in [2.24, 2.45) is 5.73 Å². The molecule has 0 radical (unpaired) electrons. The van der Waals surface area contributed by atoms with Crippen LogP contribution in [-0.2, 0) is 14.2 Å². The number of aromatic nitrogens is 3. The topological polar surface area (TPSA) is 122 Å². The number of carbonyl (C=O) groups excluding carboxylic acids is 1. The Balaban J connectivity index is 1.87. The van der Waals surface area contributed by atoms with Gasteiger partial charge in [0.15, 0.2) is 12.0 Å². The van der Waals surface area contributed by atoms with E-state index in [-0.39, 0.29) is 12.4 Å². The van der Waals surface area contributed by atoms with E-state index in [1.165, 1.54) is 11.0 Å². The number of amides is 1. The summed E-state index contributed by atoms with van der Waals surface area (Å²) in [7, 11) is 0. The minimum absolute atomic E-state index is 0.101. The minimum Gasteiger partial charge on any atom is -0.394 e. The zero-order chi connectivity index (χ0) is 14.5. The summed E-state index contributed by atoms with van der Waals surface area (Å²) < 4.78 is 18.5. The molecule has 110 valence electrons. The number of fused-ring (bicyclic) bond motifs is 1. The van der Waals surface area contributed by atoms with Crippen molar-refractivity contribution in [3.63, 3.8) is 0 Å². The summed E-state index contributed by atoms with van der Waals surface area (Å²) in [5.74, 6) is -1.59. The van der Waals surface area contributed by atoms with Crippen LogP contribution < -0.4 is 5.73 Å². The molecule has 2 saturated heterocycles. The lowest BCUT2D eigenvalue weighted by atomic mass is 10.1. The predicted octanol–water partition coefficient (Wildman–Crippen LogP) is -1.21. The third kappa shape index (κ3) is 2.08. The standard InChI is InChI=1S/C11H16N4O5/c1-11(2)19-6-5(3-16)18-10(7(6)20-11)15-4-13-9(14-15)8(12)17/h4-7,10,16H,3H2,1-2H3,(H2,12,17). The number of nitrogens with zero attached hydrogens (tertiary/aromatic N) is 3. The SMILES string of the molecule is CC1(C)OC2C(CO)OC(n3cnc(C(N)=O)n3)C2O1. The molecule has 4 atom stereocenters. The summed E-state index contributed by atoms with van der Waals surface area (Å²) in [6.45, 7) is 3.37. The molecule has 4 unspecified atom stereocenters. The molecule has 3 N–H and O–H groups in total. The highest BCUT2D eigenvalue weighted by Gasteiger charge is 2.56. The van der Waals surface area contributed by atoms with Gasteiger partial charge < -0.3 is 25.1 Å². The maximum Gasteiger partial charge on any atom is 0.288 e. The van der Waals surface area contributed by atoms with Crippen LogP contribution >= 0.6 is 0 Å². The number of hydrogen-bond acceptors (Lipinski definition) is 7. The van der Waals surface area contributed by atoms with Crippen molar-refractivity contribution in [1.29, 1.82) is 0 Å². The second kappa shape index (κ2) is 4.48. The molecule has 1 aromatic heterocycles. The van der Waals surface area contributed by atoms with E-state index in [0.717, 1.165) is 0 Å². The number of nitrogens with two attached hydrogens (primary N) is 1. The summed E-state index contributed by atoms with van der Waals surface area (Å²) in [5.41, 5.74) is 5.12. The Kier molecular flexibility index (Phi) is 3.01. The van der Waals surface area contributed by atoms with Gasteiger partial charge in [0.1, 0.15) is 24.6 Å². The van der Waals surface area contributed by atoms with Crippen LogP contribution in [0.3, 0.4) is 0 Å². The minimum atomic E-state index is -0.766. The molecule has 0 spiro atoms. The highest BCUT2D eigenvalue weighted by Crippen LogP contribution is 2.42. The summed E-state index contributed by atoms with van der Waals surface area (Å²) in [4.78, 5) is 14.8. The Hall–Kier alpha value is -1.55. The van der Waals surface area contributed by atoms with Gasteiger partial charge in [-0.15, -0.1) is 5.10 Å². The maximum absolute atomic E-state index is 11.0. The zero-order valence-corrected chi connectivity index (χ0v) is 11.1. The molecule has 20 heavy (non-hydrogen) atoms. The van der Waals surface area contributed by atoms with E-state index in [1.807, 2.05) is 0 Å². The number of aliphatic hydroxyl groups is 1. The molecule has 0 aliphatic carbocycles. The van der Waals surface area contributed by atoms with Crippen molar-refractivity contribution in [1.82, 2.24) is 14.8 Å². The molecule has 2 fully saturated rings. The van der Waals surface area contributed by atoms with Crippen molar-refractivity contribution in [3.8, 4) is 0 Å². The number of ether oxygens (including phenoxy) is 3. The second-order valence-electron chi connectivity index (χ2n) is 5.22. The largest absolute Gasteiger partial charge is 0.394 e. The summed E-state index contributed by atoms with van der Waals surface area (Å²) in [5, 5.41) is 13.3. The van der Waals surface area contributed by atoms with Gasteiger partial charge in [-0.3, -0.25) is 4.79 Å². The predicted molar refractivity (Wildman–Crippen MR) is 63.4 cm³/mol. The van der Waals surface area contributed by atoms with E-state index in [2.05, 4.69) is 10.1 Å². The zero-order valence-electron chi connectivity index (χ0n) is 11.1. The summed E-state index contributed by atoms with van der Waals surface area (Å²) in [6.07, 6.45) is -0.644. The van der Waals surface area contributed by atoms with Crippen LogP contribution in [-0.4, -0.2) is 56.5 Å². The van der Waals surface area contributed by atoms with Crippen LogP contribution in [0.15, 0.2) is 6.33 Å². The van der Waals surface area contributed by atoms with E-state index >= 15 is 0 Å². The third-order valence-corrected chi connectivity index (χ3v) is 3.29. The van der Waals surface area contributed by atoms with Gasteiger partial charge in [0.25, 0.3) is 5.91 Å². The normalized spacial score (nSPS) is 35.1. The molecule has 1 amide bonds. The molecule has 2 aliphatic rings. The molecular weight excluding hydrogens is 268 g/mol. The van der Waals surface area contributed by atoms with Gasteiger partial charge in [0, 0.05) is 0 Å². The molecule has 2 aliphatic heterocycles. The van der Waals surface area contributed by atoms with E-state index < -0.39 is 36.2 Å². The Labute approximate surface area is 114 Å². The number of carbonyl (C=O) groups is 1. The maximum atomic E-state index is 11.0. The molecule has 9 nitrogen and oxygen atoms in total. The lowest BCUT2D eigenvalue weighted by Gasteiger charge is -2.23.